The van der Waals surface area contributed by atoms with Crippen molar-refractivity contribution in [3.63, 3.8) is 0 Å². The maximum atomic E-state index is 11.2. The minimum atomic E-state index is -4.58. The van der Waals surface area contributed by atoms with E-state index in [0.29, 0.717) is 0 Å². The number of benzene rings is 1. The van der Waals surface area contributed by atoms with Crippen molar-refractivity contribution in [1.29, 1.82) is 0 Å². The summed E-state index contributed by atoms with van der Waals surface area (Å²) in [6.07, 6.45) is 0.846. The molecule has 0 bridgehead atoms. The van der Waals surface area contributed by atoms with Gasteiger partial charge in [-0.25, -0.2) is 8.42 Å². The zero-order chi connectivity index (χ0) is 12.4. The average Bonchev–Trinajstić information content (AvgIpc) is 2.13. The summed E-state index contributed by atoms with van der Waals surface area (Å²) >= 11 is 0. The van der Waals surface area contributed by atoms with E-state index in [4.69, 9.17) is 9.79 Å². The Labute approximate surface area is 93.5 Å². The van der Waals surface area contributed by atoms with E-state index < -0.39 is 23.4 Å². The Morgan fingerprint density at radius 1 is 1.25 bits per heavy atom. The van der Waals surface area contributed by atoms with E-state index in [0.717, 1.165) is 6.26 Å². The standard InChI is InChI=1S/C8H12NO5PS/c1-16(13,14)9-8(15(10,11)12)7-5-3-2-4-6-7/h2-6,8-9H,1H3,(H2,10,11,12). The quantitative estimate of drug-likeness (QED) is 0.684. The summed E-state index contributed by atoms with van der Waals surface area (Å²) < 4.78 is 35.1. The topological polar surface area (TPSA) is 104 Å². The molecule has 1 aromatic carbocycles. The van der Waals surface area contributed by atoms with Gasteiger partial charge in [-0.2, -0.15) is 4.72 Å². The van der Waals surface area contributed by atoms with E-state index in [9.17, 15) is 13.0 Å². The van der Waals surface area contributed by atoms with E-state index in [1.54, 1.807) is 18.2 Å². The van der Waals surface area contributed by atoms with Gasteiger partial charge in [0.05, 0.1) is 6.26 Å². The van der Waals surface area contributed by atoms with Gasteiger partial charge in [0, 0.05) is 0 Å². The zero-order valence-corrected chi connectivity index (χ0v) is 10.1. The second-order valence-corrected chi connectivity index (χ2v) is 6.77. The van der Waals surface area contributed by atoms with Gasteiger partial charge in [0.2, 0.25) is 10.0 Å². The number of rotatable bonds is 4. The average molecular weight is 265 g/mol. The lowest BCUT2D eigenvalue weighted by Crippen LogP contribution is -2.27. The molecule has 3 N–H and O–H groups in total. The second kappa shape index (κ2) is 4.65. The predicted molar refractivity (Wildman–Crippen MR) is 59.2 cm³/mol. The Morgan fingerprint density at radius 2 is 1.75 bits per heavy atom. The first kappa shape index (κ1) is 13.3. The van der Waals surface area contributed by atoms with E-state index in [-0.39, 0.29) is 5.56 Å². The lowest BCUT2D eigenvalue weighted by atomic mass is 10.2. The van der Waals surface area contributed by atoms with Crippen LogP contribution in [0.4, 0.5) is 0 Å². The number of nitrogens with one attached hydrogen (secondary N) is 1. The van der Waals surface area contributed by atoms with Crippen LogP contribution in [0.15, 0.2) is 30.3 Å². The minimum absolute atomic E-state index is 0.223. The first-order chi connectivity index (χ1) is 7.20. The summed E-state index contributed by atoms with van der Waals surface area (Å²) in [4.78, 5) is 18.2. The van der Waals surface area contributed by atoms with Gasteiger partial charge in [-0.1, -0.05) is 30.3 Å². The van der Waals surface area contributed by atoms with E-state index >= 15 is 0 Å². The number of hydrogen-bond donors (Lipinski definition) is 3. The van der Waals surface area contributed by atoms with Gasteiger partial charge in [0.1, 0.15) is 5.78 Å². The molecule has 0 aliphatic heterocycles. The van der Waals surface area contributed by atoms with Crippen LogP contribution in [0, 0.1) is 0 Å². The first-order valence-corrected chi connectivity index (χ1v) is 7.85. The van der Waals surface area contributed by atoms with Crippen LogP contribution in [-0.2, 0) is 14.6 Å². The third kappa shape index (κ3) is 4.03. The number of hydrogen-bond acceptors (Lipinski definition) is 3. The first-order valence-electron chi connectivity index (χ1n) is 4.27. The van der Waals surface area contributed by atoms with Gasteiger partial charge in [-0.05, 0) is 5.56 Å². The predicted octanol–water partition coefficient (Wildman–Crippen LogP) is 0.412. The highest BCUT2D eigenvalue weighted by Crippen LogP contribution is 2.50. The maximum absolute atomic E-state index is 11.2. The molecule has 0 aliphatic rings. The van der Waals surface area contributed by atoms with Gasteiger partial charge in [-0.3, -0.25) is 4.57 Å². The van der Waals surface area contributed by atoms with E-state index in [1.807, 2.05) is 4.72 Å². The van der Waals surface area contributed by atoms with Crippen molar-refractivity contribution in [3.8, 4) is 0 Å². The van der Waals surface area contributed by atoms with Crippen LogP contribution < -0.4 is 4.72 Å². The summed E-state index contributed by atoms with van der Waals surface area (Å²) in [5.74, 6) is -1.54. The molecule has 6 nitrogen and oxygen atoms in total. The van der Waals surface area contributed by atoms with Crippen LogP contribution in [-0.4, -0.2) is 24.5 Å². The molecule has 16 heavy (non-hydrogen) atoms. The van der Waals surface area contributed by atoms with Gasteiger partial charge >= 0.3 is 7.60 Å². The highest BCUT2D eigenvalue weighted by Gasteiger charge is 2.32. The molecule has 0 aliphatic carbocycles. The largest absolute Gasteiger partial charge is 0.347 e. The van der Waals surface area contributed by atoms with E-state index in [2.05, 4.69) is 0 Å². The molecular weight excluding hydrogens is 253 g/mol. The third-order valence-electron chi connectivity index (χ3n) is 1.78. The molecule has 0 aromatic heterocycles. The van der Waals surface area contributed by atoms with Gasteiger partial charge in [0.25, 0.3) is 0 Å². The van der Waals surface area contributed by atoms with Crippen LogP contribution in [0.25, 0.3) is 0 Å². The van der Waals surface area contributed by atoms with Crippen molar-refractivity contribution in [2.75, 3.05) is 6.26 Å². The molecule has 90 valence electrons. The van der Waals surface area contributed by atoms with Crippen molar-refractivity contribution in [1.82, 2.24) is 4.72 Å². The second-order valence-electron chi connectivity index (χ2n) is 3.29. The Kier molecular flexibility index (Phi) is 3.88. The molecule has 1 rings (SSSR count). The Bertz CT molecular complexity index is 494. The summed E-state index contributed by atoms with van der Waals surface area (Å²) in [6.45, 7) is 0. The fourth-order valence-corrected chi connectivity index (χ4v) is 3.39. The smallest absolute Gasteiger partial charge is 0.323 e. The molecule has 0 saturated heterocycles. The van der Waals surface area contributed by atoms with Gasteiger partial charge in [-0.15, -0.1) is 0 Å². The highest BCUT2D eigenvalue weighted by atomic mass is 32.2. The van der Waals surface area contributed by atoms with Crippen LogP contribution in [0.2, 0.25) is 0 Å². The summed E-state index contributed by atoms with van der Waals surface area (Å²) in [7, 11) is -8.28. The third-order valence-corrected chi connectivity index (χ3v) is 3.72. The summed E-state index contributed by atoms with van der Waals surface area (Å²) in [6, 6.07) is 7.70. The molecule has 0 amide bonds. The Balaban J connectivity index is 3.13. The molecule has 1 aromatic rings. The SMILES string of the molecule is CS(=O)(=O)NC(c1ccccc1)P(=O)(O)O. The van der Waals surface area contributed by atoms with Crippen molar-refractivity contribution in [2.24, 2.45) is 0 Å². The van der Waals surface area contributed by atoms with Crippen molar-refractivity contribution in [2.45, 2.75) is 5.78 Å². The molecule has 1 unspecified atom stereocenters. The lowest BCUT2D eigenvalue weighted by Gasteiger charge is -2.18. The van der Waals surface area contributed by atoms with Crippen LogP contribution in [0.5, 0.6) is 0 Å². The van der Waals surface area contributed by atoms with Crippen molar-refractivity contribution >= 4 is 17.6 Å². The zero-order valence-electron chi connectivity index (χ0n) is 8.44. The Hall–Kier alpha value is -0.720. The molecule has 1 atom stereocenters. The van der Waals surface area contributed by atoms with Crippen LogP contribution >= 0.6 is 7.60 Å². The van der Waals surface area contributed by atoms with Crippen molar-refractivity contribution in [3.05, 3.63) is 35.9 Å². The summed E-state index contributed by atoms with van der Waals surface area (Å²) in [5.41, 5.74) is 0.223. The monoisotopic (exact) mass is 265 g/mol. The van der Waals surface area contributed by atoms with E-state index in [1.165, 1.54) is 12.1 Å². The molecular formula is C8H12NO5PS. The Morgan fingerprint density at radius 3 is 2.12 bits per heavy atom. The maximum Gasteiger partial charge on any atom is 0.347 e. The number of sulfonamides is 1. The lowest BCUT2D eigenvalue weighted by molar-refractivity contribution is 0.355. The molecule has 0 fully saturated rings. The molecule has 0 saturated carbocycles. The van der Waals surface area contributed by atoms with Crippen LogP contribution in [0.1, 0.15) is 11.3 Å². The van der Waals surface area contributed by atoms with Crippen molar-refractivity contribution < 1.29 is 22.8 Å². The highest BCUT2D eigenvalue weighted by molar-refractivity contribution is 7.89. The van der Waals surface area contributed by atoms with Crippen LogP contribution in [0.3, 0.4) is 0 Å². The summed E-state index contributed by atoms with van der Waals surface area (Å²) in [5, 5.41) is 0. The molecule has 8 heteroatoms. The van der Waals surface area contributed by atoms with Gasteiger partial charge in [0.15, 0.2) is 0 Å². The fraction of sp³-hybridized carbons (Fsp3) is 0.250. The molecule has 0 radical (unpaired) electrons. The van der Waals surface area contributed by atoms with Gasteiger partial charge < -0.3 is 9.79 Å². The minimum Gasteiger partial charge on any atom is -0.323 e. The molecule has 0 spiro atoms. The molecule has 0 heterocycles. The normalized spacial score (nSPS) is 14.7. The fourth-order valence-electron chi connectivity index (χ4n) is 1.17.